The van der Waals surface area contributed by atoms with E-state index in [1.165, 1.54) is 12.5 Å². The molecule has 0 saturated heterocycles. The Kier molecular flexibility index (Phi) is 5.36. The molecule has 84 valence electrons. The minimum Gasteiger partial charge on any atom is -0.355 e. The Morgan fingerprint density at radius 2 is 2.33 bits per heavy atom. The van der Waals surface area contributed by atoms with Crippen LogP contribution in [0.2, 0.25) is 0 Å². The van der Waals surface area contributed by atoms with Crippen LogP contribution in [0.15, 0.2) is 16.8 Å². The summed E-state index contributed by atoms with van der Waals surface area (Å²) in [7, 11) is 0. The lowest BCUT2D eigenvalue weighted by atomic mass is 10.1. The molecule has 1 aromatic rings. The van der Waals surface area contributed by atoms with Gasteiger partial charge in [-0.15, -0.1) is 0 Å². The summed E-state index contributed by atoms with van der Waals surface area (Å²) in [6, 6.07) is 2.60. The first-order valence-corrected chi connectivity index (χ1v) is 6.11. The monoisotopic (exact) mass is 226 g/mol. The van der Waals surface area contributed by atoms with E-state index >= 15 is 0 Å². The van der Waals surface area contributed by atoms with E-state index in [-0.39, 0.29) is 5.91 Å². The third kappa shape index (κ3) is 5.54. The van der Waals surface area contributed by atoms with Gasteiger partial charge in [-0.3, -0.25) is 4.79 Å². The van der Waals surface area contributed by atoms with Crippen LogP contribution >= 0.6 is 11.3 Å². The molecular formula is C11H18N2OS. The van der Waals surface area contributed by atoms with Gasteiger partial charge in [0.15, 0.2) is 0 Å². The highest BCUT2D eigenvalue weighted by atomic mass is 32.1. The van der Waals surface area contributed by atoms with Gasteiger partial charge in [0.1, 0.15) is 0 Å². The van der Waals surface area contributed by atoms with Crippen LogP contribution in [0, 0.1) is 0 Å². The van der Waals surface area contributed by atoms with Crippen molar-refractivity contribution in [2.24, 2.45) is 0 Å². The summed E-state index contributed by atoms with van der Waals surface area (Å²) in [5.74, 6) is 0.0299. The standard InChI is InChI=1S/C11H18N2OS/c1-9(7-11-3-6-15-8-11)12-4-5-13-10(2)14/h3,6,8-9,12H,4-5,7H2,1-2H3,(H,13,14). The maximum absolute atomic E-state index is 10.6. The largest absolute Gasteiger partial charge is 0.355 e. The summed E-state index contributed by atoms with van der Waals surface area (Å²) < 4.78 is 0. The molecule has 1 rings (SSSR count). The molecule has 2 N–H and O–H groups in total. The van der Waals surface area contributed by atoms with E-state index in [9.17, 15) is 4.79 Å². The number of hydrogen-bond acceptors (Lipinski definition) is 3. The van der Waals surface area contributed by atoms with E-state index in [0.717, 1.165) is 13.0 Å². The first-order valence-electron chi connectivity index (χ1n) is 5.17. The maximum Gasteiger partial charge on any atom is 0.216 e. The lowest BCUT2D eigenvalue weighted by Gasteiger charge is -2.12. The highest BCUT2D eigenvalue weighted by Crippen LogP contribution is 2.08. The summed E-state index contributed by atoms with van der Waals surface area (Å²) in [4.78, 5) is 10.6. The molecule has 0 bridgehead atoms. The van der Waals surface area contributed by atoms with Crippen molar-refractivity contribution in [3.05, 3.63) is 22.4 Å². The molecule has 0 aliphatic carbocycles. The molecule has 0 radical (unpaired) electrons. The quantitative estimate of drug-likeness (QED) is 0.720. The van der Waals surface area contributed by atoms with Gasteiger partial charge in [0.05, 0.1) is 0 Å². The zero-order valence-corrected chi connectivity index (χ0v) is 10.1. The molecule has 1 unspecified atom stereocenters. The predicted molar refractivity (Wildman–Crippen MR) is 64.2 cm³/mol. The van der Waals surface area contributed by atoms with Gasteiger partial charge in [0.2, 0.25) is 5.91 Å². The zero-order chi connectivity index (χ0) is 11.1. The Bertz CT molecular complexity index is 285. The fourth-order valence-electron chi connectivity index (χ4n) is 1.39. The Balaban J connectivity index is 2.08. The van der Waals surface area contributed by atoms with Crippen LogP contribution in [0.25, 0.3) is 0 Å². The van der Waals surface area contributed by atoms with E-state index in [1.807, 2.05) is 0 Å². The SMILES string of the molecule is CC(=O)NCCNC(C)Cc1ccsc1. The molecule has 1 atom stereocenters. The van der Waals surface area contributed by atoms with Gasteiger partial charge >= 0.3 is 0 Å². The first kappa shape index (κ1) is 12.2. The van der Waals surface area contributed by atoms with Crippen molar-refractivity contribution in [3.8, 4) is 0 Å². The normalized spacial score (nSPS) is 12.4. The van der Waals surface area contributed by atoms with Crippen LogP contribution in [-0.2, 0) is 11.2 Å². The second-order valence-electron chi connectivity index (χ2n) is 3.67. The van der Waals surface area contributed by atoms with E-state index in [0.29, 0.717) is 12.6 Å². The number of carbonyl (C=O) groups excluding carboxylic acids is 1. The number of amides is 1. The second-order valence-corrected chi connectivity index (χ2v) is 4.45. The topological polar surface area (TPSA) is 41.1 Å². The number of rotatable bonds is 6. The van der Waals surface area contributed by atoms with Crippen molar-refractivity contribution in [2.75, 3.05) is 13.1 Å². The summed E-state index contributed by atoms with van der Waals surface area (Å²) in [5.41, 5.74) is 1.37. The summed E-state index contributed by atoms with van der Waals surface area (Å²) in [5, 5.41) is 10.4. The van der Waals surface area contributed by atoms with Crippen LogP contribution < -0.4 is 10.6 Å². The van der Waals surface area contributed by atoms with Gasteiger partial charge < -0.3 is 10.6 Å². The summed E-state index contributed by atoms with van der Waals surface area (Å²) in [6.45, 7) is 5.22. The van der Waals surface area contributed by atoms with Crippen LogP contribution in [0.1, 0.15) is 19.4 Å². The zero-order valence-electron chi connectivity index (χ0n) is 9.25. The van der Waals surface area contributed by atoms with Crippen LogP contribution in [0.5, 0.6) is 0 Å². The number of nitrogens with one attached hydrogen (secondary N) is 2. The predicted octanol–water partition coefficient (Wildman–Crippen LogP) is 1.40. The smallest absolute Gasteiger partial charge is 0.216 e. The number of carbonyl (C=O) groups is 1. The lowest BCUT2D eigenvalue weighted by Crippen LogP contribution is -2.35. The van der Waals surface area contributed by atoms with Crippen molar-refractivity contribution in [3.63, 3.8) is 0 Å². The minimum absolute atomic E-state index is 0.0299. The fraction of sp³-hybridized carbons (Fsp3) is 0.545. The third-order valence-electron chi connectivity index (χ3n) is 2.11. The fourth-order valence-corrected chi connectivity index (χ4v) is 2.07. The molecule has 0 aliphatic heterocycles. The highest BCUT2D eigenvalue weighted by Gasteiger charge is 2.02. The van der Waals surface area contributed by atoms with Gasteiger partial charge in [-0.25, -0.2) is 0 Å². The molecule has 1 aromatic heterocycles. The average molecular weight is 226 g/mol. The third-order valence-corrected chi connectivity index (χ3v) is 2.85. The van der Waals surface area contributed by atoms with Crippen molar-refractivity contribution < 1.29 is 4.79 Å². The molecular weight excluding hydrogens is 208 g/mol. The van der Waals surface area contributed by atoms with Crippen molar-refractivity contribution >= 4 is 17.2 Å². The van der Waals surface area contributed by atoms with E-state index in [2.05, 4.69) is 34.4 Å². The van der Waals surface area contributed by atoms with Gasteiger partial charge in [-0.05, 0) is 35.7 Å². The van der Waals surface area contributed by atoms with Gasteiger partial charge in [-0.2, -0.15) is 11.3 Å². The minimum atomic E-state index is 0.0299. The molecule has 1 amide bonds. The summed E-state index contributed by atoms with van der Waals surface area (Å²) >= 11 is 1.73. The molecule has 1 heterocycles. The van der Waals surface area contributed by atoms with Gasteiger partial charge in [-0.1, -0.05) is 0 Å². The van der Waals surface area contributed by atoms with Crippen molar-refractivity contribution in [1.29, 1.82) is 0 Å². The van der Waals surface area contributed by atoms with Gasteiger partial charge in [0.25, 0.3) is 0 Å². The van der Waals surface area contributed by atoms with Gasteiger partial charge in [0, 0.05) is 26.1 Å². The Hall–Kier alpha value is -0.870. The Morgan fingerprint density at radius 3 is 2.93 bits per heavy atom. The van der Waals surface area contributed by atoms with Crippen molar-refractivity contribution in [1.82, 2.24) is 10.6 Å². The molecule has 0 fully saturated rings. The molecule has 3 nitrogen and oxygen atoms in total. The average Bonchev–Trinajstić information content (AvgIpc) is 2.64. The highest BCUT2D eigenvalue weighted by molar-refractivity contribution is 7.07. The molecule has 0 spiro atoms. The first-order chi connectivity index (χ1) is 7.18. The van der Waals surface area contributed by atoms with Crippen LogP contribution in [0.4, 0.5) is 0 Å². The molecule has 4 heteroatoms. The number of hydrogen-bond donors (Lipinski definition) is 2. The molecule has 15 heavy (non-hydrogen) atoms. The maximum atomic E-state index is 10.6. The van der Waals surface area contributed by atoms with Crippen molar-refractivity contribution in [2.45, 2.75) is 26.3 Å². The van der Waals surface area contributed by atoms with Crippen LogP contribution in [-0.4, -0.2) is 25.0 Å². The lowest BCUT2D eigenvalue weighted by molar-refractivity contribution is -0.118. The number of thiophene rings is 1. The van der Waals surface area contributed by atoms with E-state index in [4.69, 9.17) is 0 Å². The molecule has 0 aromatic carbocycles. The molecule has 0 aliphatic rings. The summed E-state index contributed by atoms with van der Waals surface area (Å²) in [6.07, 6.45) is 1.05. The Labute approximate surface area is 94.9 Å². The second kappa shape index (κ2) is 6.58. The van der Waals surface area contributed by atoms with E-state index < -0.39 is 0 Å². The molecule has 0 saturated carbocycles. The van der Waals surface area contributed by atoms with E-state index in [1.54, 1.807) is 11.3 Å². The Morgan fingerprint density at radius 1 is 1.53 bits per heavy atom. The van der Waals surface area contributed by atoms with Crippen LogP contribution in [0.3, 0.4) is 0 Å².